The van der Waals surface area contributed by atoms with Crippen molar-refractivity contribution < 1.29 is 0 Å². The number of hydrogen-bond donors (Lipinski definition) is 0. The van der Waals surface area contributed by atoms with Crippen molar-refractivity contribution in [1.82, 2.24) is 0 Å². The zero-order valence-electron chi connectivity index (χ0n) is 6.49. The molecule has 0 N–H and O–H groups in total. The van der Waals surface area contributed by atoms with Crippen LogP contribution in [-0.2, 0) is 0 Å². The molecular weight excluding hydrogens is 150 g/mol. The molecule has 0 aromatic heterocycles. The first-order valence-corrected chi connectivity index (χ1v) is 3.68. The number of hydrogen-bond acceptors (Lipinski definition) is 3. The van der Waals surface area contributed by atoms with E-state index in [-0.39, 0.29) is 11.8 Å². The van der Waals surface area contributed by atoms with Crippen LogP contribution in [0.2, 0.25) is 0 Å². The van der Waals surface area contributed by atoms with Crippen LogP contribution in [0.1, 0.15) is 12.8 Å². The molecule has 12 heavy (non-hydrogen) atoms. The van der Waals surface area contributed by atoms with Gasteiger partial charge in [0, 0.05) is 18.4 Å². The predicted octanol–water partition coefficient (Wildman–Crippen LogP) is 1.51. The minimum Gasteiger partial charge on any atom is -0.198 e. The van der Waals surface area contributed by atoms with E-state index in [2.05, 4.69) is 6.07 Å². The van der Waals surface area contributed by atoms with Crippen LogP contribution in [0, 0.1) is 45.8 Å². The third-order valence-corrected chi connectivity index (χ3v) is 2.14. The molecule has 0 bridgehead atoms. The molecule has 2 atom stereocenters. The molecule has 0 aromatic rings. The van der Waals surface area contributed by atoms with Crippen LogP contribution in [0.5, 0.6) is 0 Å². The largest absolute Gasteiger partial charge is 0.198 e. The summed E-state index contributed by atoms with van der Waals surface area (Å²) in [5.74, 6) is -0.0381. The summed E-state index contributed by atoms with van der Waals surface area (Å²) >= 11 is 0. The molecule has 0 saturated heterocycles. The van der Waals surface area contributed by atoms with Gasteiger partial charge in [0.2, 0.25) is 0 Å². The van der Waals surface area contributed by atoms with Crippen LogP contribution < -0.4 is 0 Å². The second-order valence-corrected chi connectivity index (χ2v) is 2.76. The topological polar surface area (TPSA) is 71.4 Å². The highest BCUT2D eigenvalue weighted by molar-refractivity contribution is 5.29. The highest BCUT2D eigenvalue weighted by Gasteiger charge is 2.35. The lowest BCUT2D eigenvalue weighted by Gasteiger charge is -2.32. The molecule has 3 nitrogen and oxygen atoms in total. The fourth-order valence-electron chi connectivity index (χ4n) is 1.40. The van der Waals surface area contributed by atoms with E-state index in [1.807, 2.05) is 12.1 Å². The molecule has 1 saturated carbocycles. The summed E-state index contributed by atoms with van der Waals surface area (Å²) in [6.45, 7) is 0. The minimum atomic E-state index is -0.0516. The van der Waals surface area contributed by atoms with Crippen LogP contribution in [0.15, 0.2) is 11.6 Å². The van der Waals surface area contributed by atoms with Crippen LogP contribution >= 0.6 is 0 Å². The summed E-state index contributed by atoms with van der Waals surface area (Å²) < 4.78 is 0. The van der Waals surface area contributed by atoms with Gasteiger partial charge in [0.25, 0.3) is 0 Å². The SMILES string of the molecule is N#C/C=C1\CC(C#N)C1CC#N. The Morgan fingerprint density at radius 1 is 1.42 bits per heavy atom. The summed E-state index contributed by atoms with van der Waals surface area (Å²) in [6.07, 6.45) is 2.47. The third kappa shape index (κ3) is 1.29. The molecule has 0 amide bonds. The third-order valence-electron chi connectivity index (χ3n) is 2.14. The van der Waals surface area contributed by atoms with Gasteiger partial charge >= 0.3 is 0 Å². The summed E-state index contributed by atoms with van der Waals surface area (Å²) in [5.41, 5.74) is 0.950. The van der Waals surface area contributed by atoms with Crippen molar-refractivity contribution in [2.24, 2.45) is 11.8 Å². The van der Waals surface area contributed by atoms with E-state index >= 15 is 0 Å². The quantitative estimate of drug-likeness (QED) is 0.541. The van der Waals surface area contributed by atoms with E-state index in [0.717, 1.165) is 5.57 Å². The molecule has 1 aliphatic rings. The molecule has 2 unspecified atom stereocenters. The molecule has 0 aliphatic heterocycles. The highest BCUT2D eigenvalue weighted by Crippen LogP contribution is 2.41. The maximum atomic E-state index is 8.60. The summed E-state index contributed by atoms with van der Waals surface area (Å²) in [4.78, 5) is 0. The van der Waals surface area contributed by atoms with Crippen LogP contribution in [0.4, 0.5) is 0 Å². The monoisotopic (exact) mass is 157 g/mol. The standard InChI is InChI=1S/C9H7N3/c10-3-1-7-5-8(6-12)9(7)2-4-11/h1,8-9H,2,5H2/b7-1+. The van der Waals surface area contributed by atoms with Gasteiger partial charge in [0.1, 0.15) is 0 Å². The molecule has 58 valence electrons. The molecule has 0 aromatic carbocycles. The van der Waals surface area contributed by atoms with E-state index in [9.17, 15) is 0 Å². The van der Waals surface area contributed by atoms with Crippen molar-refractivity contribution in [3.63, 3.8) is 0 Å². The Kier molecular flexibility index (Phi) is 2.46. The average Bonchev–Trinajstić information content (AvgIpc) is 2.07. The second-order valence-electron chi connectivity index (χ2n) is 2.76. The minimum absolute atomic E-state index is 0.0136. The van der Waals surface area contributed by atoms with Gasteiger partial charge in [-0.25, -0.2) is 0 Å². The lowest BCUT2D eigenvalue weighted by Crippen LogP contribution is -2.27. The summed E-state index contributed by atoms with van der Waals surface area (Å²) in [5, 5.41) is 25.4. The highest BCUT2D eigenvalue weighted by atomic mass is 14.4. The predicted molar refractivity (Wildman–Crippen MR) is 41.1 cm³/mol. The first-order valence-electron chi connectivity index (χ1n) is 3.68. The average molecular weight is 157 g/mol. The van der Waals surface area contributed by atoms with Gasteiger partial charge in [-0.3, -0.25) is 0 Å². The molecule has 0 spiro atoms. The zero-order chi connectivity index (χ0) is 8.97. The second kappa shape index (κ2) is 3.56. The van der Waals surface area contributed by atoms with E-state index in [1.54, 1.807) is 0 Å². The first-order chi connectivity index (χ1) is 5.83. The van der Waals surface area contributed by atoms with Gasteiger partial charge in [-0.2, -0.15) is 15.8 Å². The van der Waals surface area contributed by atoms with Gasteiger partial charge < -0.3 is 0 Å². The van der Waals surface area contributed by atoms with Gasteiger partial charge in [-0.15, -0.1) is 0 Å². The molecular formula is C9H7N3. The first kappa shape index (κ1) is 8.31. The molecule has 1 rings (SSSR count). The summed E-state index contributed by atoms with van der Waals surface area (Å²) in [7, 11) is 0. The Hall–Kier alpha value is -1.79. The Balaban J connectivity index is 2.67. The number of allylic oxidation sites excluding steroid dienone is 2. The van der Waals surface area contributed by atoms with Crippen molar-refractivity contribution >= 4 is 0 Å². The Morgan fingerprint density at radius 2 is 2.17 bits per heavy atom. The van der Waals surface area contributed by atoms with Gasteiger partial charge in [-0.1, -0.05) is 5.57 Å². The van der Waals surface area contributed by atoms with Crippen LogP contribution in [0.3, 0.4) is 0 Å². The molecule has 1 aliphatic carbocycles. The molecule has 0 radical (unpaired) electrons. The molecule has 1 fully saturated rings. The lowest BCUT2D eigenvalue weighted by molar-refractivity contribution is 0.353. The lowest BCUT2D eigenvalue weighted by atomic mass is 9.68. The summed E-state index contributed by atoms with van der Waals surface area (Å²) in [6, 6.07) is 6.07. The Morgan fingerprint density at radius 3 is 2.67 bits per heavy atom. The normalized spacial score (nSPS) is 29.6. The maximum Gasteiger partial charge on any atom is 0.0911 e. The zero-order valence-corrected chi connectivity index (χ0v) is 6.49. The number of nitriles is 3. The fourth-order valence-corrected chi connectivity index (χ4v) is 1.40. The van der Waals surface area contributed by atoms with Crippen molar-refractivity contribution in [2.45, 2.75) is 12.8 Å². The Bertz CT molecular complexity index is 321. The van der Waals surface area contributed by atoms with Gasteiger partial charge in [-0.05, 0) is 6.42 Å². The fraction of sp³-hybridized carbons (Fsp3) is 0.444. The smallest absolute Gasteiger partial charge is 0.0911 e. The maximum absolute atomic E-state index is 8.60. The van der Waals surface area contributed by atoms with E-state index < -0.39 is 0 Å². The van der Waals surface area contributed by atoms with E-state index in [4.69, 9.17) is 15.8 Å². The van der Waals surface area contributed by atoms with E-state index in [0.29, 0.717) is 12.8 Å². The van der Waals surface area contributed by atoms with Crippen molar-refractivity contribution in [3.05, 3.63) is 11.6 Å². The van der Waals surface area contributed by atoms with Crippen molar-refractivity contribution in [2.75, 3.05) is 0 Å². The van der Waals surface area contributed by atoms with Crippen LogP contribution in [-0.4, -0.2) is 0 Å². The van der Waals surface area contributed by atoms with Gasteiger partial charge in [0.05, 0.1) is 24.1 Å². The van der Waals surface area contributed by atoms with Gasteiger partial charge in [0.15, 0.2) is 0 Å². The number of rotatable bonds is 1. The van der Waals surface area contributed by atoms with Crippen molar-refractivity contribution in [1.29, 1.82) is 15.8 Å². The van der Waals surface area contributed by atoms with Crippen LogP contribution in [0.25, 0.3) is 0 Å². The molecule has 0 heterocycles. The van der Waals surface area contributed by atoms with E-state index in [1.165, 1.54) is 6.08 Å². The Labute approximate surface area is 71.1 Å². The molecule has 3 heteroatoms. The van der Waals surface area contributed by atoms with Crippen molar-refractivity contribution in [3.8, 4) is 18.2 Å². The number of nitrogens with zero attached hydrogens (tertiary/aromatic N) is 3.